The maximum absolute atomic E-state index is 6.49. The van der Waals surface area contributed by atoms with Crippen LogP contribution in [0.2, 0.25) is 5.02 Å². The van der Waals surface area contributed by atoms with Crippen LogP contribution >= 0.6 is 11.6 Å². The van der Waals surface area contributed by atoms with Gasteiger partial charge in [-0.1, -0.05) is 24.1 Å². The minimum Gasteiger partial charge on any atom is -0.371 e. The van der Waals surface area contributed by atoms with Gasteiger partial charge in [-0.15, -0.1) is 0 Å². The van der Waals surface area contributed by atoms with Gasteiger partial charge in [-0.05, 0) is 63.1 Å². The van der Waals surface area contributed by atoms with Gasteiger partial charge < -0.3 is 10.2 Å². The van der Waals surface area contributed by atoms with E-state index in [0.717, 1.165) is 23.4 Å². The van der Waals surface area contributed by atoms with Gasteiger partial charge in [0.25, 0.3) is 0 Å². The molecule has 0 amide bonds. The maximum Gasteiger partial charge on any atom is 0.0471 e. The lowest BCUT2D eigenvalue weighted by Crippen LogP contribution is -2.35. The van der Waals surface area contributed by atoms with Crippen molar-refractivity contribution in [1.29, 1.82) is 0 Å². The summed E-state index contributed by atoms with van der Waals surface area (Å²) in [6.45, 7) is 9.81. The van der Waals surface area contributed by atoms with Crippen LogP contribution in [0.4, 0.5) is 5.69 Å². The SMILES string of the molecule is CC(C)(C)NCc1ccc(N2CC3CCCC3C2)cc1Cl. The molecule has 1 saturated carbocycles. The fourth-order valence-electron chi connectivity index (χ4n) is 3.68. The zero-order valence-corrected chi connectivity index (χ0v) is 14.2. The topological polar surface area (TPSA) is 15.3 Å². The Morgan fingerprint density at radius 1 is 1.19 bits per heavy atom. The van der Waals surface area contributed by atoms with Gasteiger partial charge >= 0.3 is 0 Å². The minimum atomic E-state index is 0.119. The van der Waals surface area contributed by atoms with Crippen LogP contribution in [-0.2, 0) is 6.54 Å². The molecule has 3 heteroatoms. The minimum absolute atomic E-state index is 0.119. The number of halogens is 1. The van der Waals surface area contributed by atoms with E-state index >= 15 is 0 Å². The average molecular weight is 307 g/mol. The summed E-state index contributed by atoms with van der Waals surface area (Å²) in [5.41, 5.74) is 2.61. The highest BCUT2D eigenvalue weighted by Crippen LogP contribution is 2.40. The second kappa shape index (κ2) is 5.81. The average Bonchev–Trinajstić information content (AvgIpc) is 2.96. The molecule has 0 radical (unpaired) electrons. The first-order chi connectivity index (χ1) is 9.92. The van der Waals surface area contributed by atoms with Gasteiger partial charge in [0, 0.05) is 35.9 Å². The van der Waals surface area contributed by atoms with E-state index in [0.29, 0.717) is 0 Å². The van der Waals surface area contributed by atoms with Gasteiger partial charge in [-0.25, -0.2) is 0 Å². The highest BCUT2D eigenvalue weighted by atomic mass is 35.5. The van der Waals surface area contributed by atoms with Crippen molar-refractivity contribution in [3.8, 4) is 0 Å². The second-order valence-corrected chi connectivity index (χ2v) is 8.14. The van der Waals surface area contributed by atoms with Gasteiger partial charge in [0.15, 0.2) is 0 Å². The molecule has 1 aliphatic heterocycles. The molecule has 116 valence electrons. The molecular weight excluding hydrogens is 280 g/mol. The Hall–Kier alpha value is -0.730. The summed E-state index contributed by atoms with van der Waals surface area (Å²) in [6.07, 6.45) is 4.27. The third kappa shape index (κ3) is 3.54. The number of rotatable bonds is 3. The van der Waals surface area contributed by atoms with Crippen LogP contribution in [-0.4, -0.2) is 18.6 Å². The predicted molar refractivity (Wildman–Crippen MR) is 91.1 cm³/mol. The van der Waals surface area contributed by atoms with E-state index < -0.39 is 0 Å². The number of nitrogens with one attached hydrogen (secondary N) is 1. The van der Waals surface area contributed by atoms with Crippen molar-refractivity contribution in [2.75, 3.05) is 18.0 Å². The van der Waals surface area contributed by atoms with Crippen molar-refractivity contribution in [3.05, 3.63) is 28.8 Å². The summed E-state index contributed by atoms with van der Waals surface area (Å²) in [4.78, 5) is 2.53. The fraction of sp³-hybridized carbons (Fsp3) is 0.667. The van der Waals surface area contributed by atoms with Crippen LogP contribution in [0.3, 0.4) is 0 Å². The summed E-state index contributed by atoms with van der Waals surface area (Å²) >= 11 is 6.49. The summed E-state index contributed by atoms with van der Waals surface area (Å²) in [7, 11) is 0. The van der Waals surface area contributed by atoms with Crippen molar-refractivity contribution < 1.29 is 0 Å². The lowest BCUT2D eigenvalue weighted by atomic mass is 10.0. The fourth-order valence-corrected chi connectivity index (χ4v) is 3.92. The maximum atomic E-state index is 6.49. The Labute approximate surface area is 133 Å². The van der Waals surface area contributed by atoms with Gasteiger partial charge in [0.2, 0.25) is 0 Å². The second-order valence-electron chi connectivity index (χ2n) is 7.74. The van der Waals surface area contributed by atoms with Crippen LogP contribution in [0.25, 0.3) is 0 Å². The van der Waals surface area contributed by atoms with E-state index in [9.17, 15) is 0 Å². The van der Waals surface area contributed by atoms with Gasteiger partial charge in [-0.3, -0.25) is 0 Å². The van der Waals surface area contributed by atoms with E-state index in [1.54, 1.807) is 0 Å². The van der Waals surface area contributed by atoms with Crippen molar-refractivity contribution in [2.24, 2.45) is 11.8 Å². The molecule has 1 N–H and O–H groups in total. The molecule has 0 bridgehead atoms. The number of nitrogens with zero attached hydrogens (tertiary/aromatic N) is 1. The van der Waals surface area contributed by atoms with E-state index in [1.165, 1.54) is 43.6 Å². The number of anilines is 1. The molecule has 1 aromatic carbocycles. The smallest absolute Gasteiger partial charge is 0.0471 e. The molecular formula is C18H27ClN2. The normalized spacial score (nSPS) is 25.4. The molecule has 21 heavy (non-hydrogen) atoms. The van der Waals surface area contributed by atoms with Crippen LogP contribution in [0, 0.1) is 11.8 Å². The van der Waals surface area contributed by atoms with Crippen LogP contribution in [0.15, 0.2) is 18.2 Å². The van der Waals surface area contributed by atoms with Crippen LogP contribution < -0.4 is 10.2 Å². The highest BCUT2D eigenvalue weighted by molar-refractivity contribution is 6.31. The first-order valence-electron chi connectivity index (χ1n) is 8.21. The summed E-state index contributed by atoms with van der Waals surface area (Å²) in [5, 5.41) is 4.39. The monoisotopic (exact) mass is 306 g/mol. The molecule has 2 atom stereocenters. The molecule has 1 aliphatic carbocycles. The van der Waals surface area contributed by atoms with Gasteiger partial charge in [0.1, 0.15) is 0 Å². The van der Waals surface area contributed by atoms with Gasteiger partial charge in [0.05, 0.1) is 0 Å². The van der Waals surface area contributed by atoms with Crippen molar-refractivity contribution in [1.82, 2.24) is 5.32 Å². The third-order valence-electron chi connectivity index (χ3n) is 4.94. The first-order valence-corrected chi connectivity index (χ1v) is 8.58. The molecule has 1 saturated heterocycles. The molecule has 2 aliphatic rings. The van der Waals surface area contributed by atoms with Crippen LogP contribution in [0.5, 0.6) is 0 Å². The highest BCUT2D eigenvalue weighted by Gasteiger charge is 2.36. The lowest BCUT2D eigenvalue weighted by Gasteiger charge is -2.23. The van der Waals surface area contributed by atoms with E-state index in [2.05, 4.69) is 49.2 Å². The van der Waals surface area contributed by atoms with E-state index in [1.807, 2.05) is 0 Å². The van der Waals surface area contributed by atoms with Crippen LogP contribution in [0.1, 0.15) is 45.6 Å². The number of hydrogen-bond acceptors (Lipinski definition) is 2. The Bertz CT molecular complexity index is 494. The zero-order chi connectivity index (χ0) is 15.0. The van der Waals surface area contributed by atoms with Crippen molar-refractivity contribution in [2.45, 2.75) is 52.1 Å². The summed E-state index contributed by atoms with van der Waals surface area (Å²) < 4.78 is 0. The number of hydrogen-bond donors (Lipinski definition) is 1. The Kier molecular flexibility index (Phi) is 4.20. The quantitative estimate of drug-likeness (QED) is 0.886. The molecule has 1 heterocycles. The van der Waals surface area contributed by atoms with Crippen molar-refractivity contribution in [3.63, 3.8) is 0 Å². The Morgan fingerprint density at radius 3 is 2.43 bits per heavy atom. The Morgan fingerprint density at radius 2 is 1.86 bits per heavy atom. The Balaban J connectivity index is 1.67. The molecule has 0 aromatic heterocycles. The molecule has 2 fully saturated rings. The lowest BCUT2D eigenvalue weighted by molar-refractivity contribution is 0.424. The van der Waals surface area contributed by atoms with Gasteiger partial charge in [-0.2, -0.15) is 0 Å². The molecule has 2 unspecified atom stereocenters. The van der Waals surface area contributed by atoms with E-state index in [-0.39, 0.29) is 5.54 Å². The number of fused-ring (bicyclic) bond motifs is 1. The first kappa shape index (κ1) is 15.2. The largest absolute Gasteiger partial charge is 0.371 e. The third-order valence-corrected chi connectivity index (χ3v) is 5.29. The van der Waals surface area contributed by atoms with Crippen molar-refractivity contribution >= 4 is 17.3 Å². The molecule has 3 rings (SSSR count). The molecule has 1 aromatic rings. The predicted octanol–water partition coefficient (Wildman–Crippen LogP) is 4.46. The molecule has 2 nitrogen and oxygen atoms in total. The zero-order valence-electron chi connectivity index (χ0n) is 13.5. The van der Waals surface area contributed by atoms with E-state index in [4.69, 9.17) is 11.6 Å². The number of benzene rings is 1. The standard InChI is InChI=1S/C18H27ClN2/c1-18(2,3)20-10-13-7-8-16(9-17(13)19)21-11-14-5-4-6-15(14)12-21/h7-9,14-15,20H,4-6,10-12H2,1-3H3. The summed E-state index contributed by atoms with van der Waals surface area (Å²) in [5.74, 6) is 1.84. The summed E-state index contributed by atoms with van der Waals surface area (Å²) in [6, 6.07) is 6.58. The molecule has 0 spiro atoms.